The van der Waals surface area contributed by atoms with E-state index in [4.69, 9.17) is 14.6 Å². The molecule has 0 heterocycles. The van der Waals surface area contributed by atoms with Gasteiger partial charge in [-0.05, 0) is 17.5 Å². The number of hydrogen-bond acceptors (Lipinski definition) is 3. The highest BCUT2D eigenvalue weighted by Crippen LogP contribution is 2.39. The second-order valence-corrected chi connectivity index (χ2v) is 4.81. The first-order valence-electron chi connectivity index (χ1n) is 5.31. The third-order valence-corrected chi connectivity index (χ3v) is 2.50. The molecule has 17 heavy (non-hydrogen) atoms. The van der Waals surface area contributed by atoms with Crippen LogP contribution in [0, 0.1) is 0 Å². The molecule has 0 radical (unpaired) electrons. The van der Waals surface area contributed by atoms with Crippen molar-refractivity contribution in [3.63, 3.8) is 0 Å². The topological polar surface area (TPSA) is 55.8 Å². The summed E-state index contributed by atoms with van der Waals surface area (Å²) < 4.78 is 10.5. The van der Waals surface area contributed by atoms with Crippen LogP contribution in [-0.2, 0) is 5.41 Å². The fourth-order valence-corrected chi connectivity index (χ4v) is 1.77. The average molecular weight is 238 g/mol. The molecule has 0 aliphatic rings. The first kappa shape index (κ1) is 13.4. The number of ether oxygens (including phenoxy) is 2. The summed E-state index contributed by atoms with van der Waals surface area (Å²) in [5.41, 5.74) is 0.840. The van der Waals surface area contributed by atoms with Crippen LogP contribution in [0.5, 0.6) is 11.5 Å². The van der Waals surface area contributed by atoms with Crippen LogP contribution in [0.2, 0.25) is 0 Å². The highest BCUT2D eigenvalue weighted by molar-refractivity contribution is 5.89. The van der Waals surface area contributed by atoms with Crippen molar-refractivity contribution in [2.45, 2.75) is 26.2 Å². The Labute approximate surface area is 101 Å². The first-order valence-corrected chi connectivity index (χ1v) is 5.31. The van der Waals surface area contributed by atoms with Gasteiger partial charge < -0.3 is 14.6 Å². The van der Waals surface area contributed by atoms with Gasteiger partial charge in [-0.2, -0.15) is 0 Å². The summed E-state index contributed by atoms with van der Waals surface area (Å²) in [6.45, 7) is 6.06. The monoisotopic (exact) mass is 238 g/mol. The third-order valence-electron chi connectivity index (χ3n) is 2.50. The van der Waals surface area contributed by atoms with Crippen LogP contribution in [0.25, 0.3) is 0 Å². The molecular formula is C13H18O4. The number of rotatable bonds is 3. The molecule has 0 aromatic heterocycles. The van der Waals surface area contributed by atoms with Gasteiger partial charge in [0, 0.05) is 5.56 Å². The van der Waals surface area contributed by atoms with Gasteiger partial charge in [-0.3, -0.25) is 0 Å². The second kappa shape index (κ2) is 4.65. The molecule has 0 aliphatic heterocycles. The zero-order valence-electron chi connectivity index (χ0n) is 10.8. The lowest BCUT2D eigenvalue weighted by atomic mass is 9.85. The average Bonchev–Trinajstić information content (AvgIpc) is 2.25. The van der Waals surface area contributed by atoms with E-state index in [2.05, 4.69) is 0 Å². The molecule has 0 fully saturated rings. The Morgan fingerprint density at radius 2 is 1.53 bits per heavy atom. The Kier molecular flexibility index (Phi) is 3.66. The van der Waals surface area contributed by atoms with Crippen molar-refractivity contribution in [1.82, 2.24) is 0 Å². The smallest absolute Gasteiger partial charge is 0.335 e. The molecule has 0 saturated heterocycles. The fourth-order valence-electron chi connectivity index (χ4n) is 1.77. The maximum absolute atomic E-state index is 11.0. The molecule has 4 heteroatoms. The first-order chi connectivity index (χ1) is 7.81. The molecule has 0 saturated carbocycles. The summed E-state index contributed by atoms with van der Waals surface area (Å²) in [7, 11) is 3.05. The number of carbonyl (C=O) groups is 1. The Morgan fingerprint density at radius 1 is 1.12 bits per heavy atom. The fraction of sp³-hybridized carbons (Fsp3) is 0.462. The quantitative estimate of drug-likeness (QED) is 0.879. The Morgan fingerprint density at radius 3 is 1.76 bits per heavy atom. The maximum Gasteiger partial charge on any atom is 0.335 e. The SMILES string of the molecule is COc1cc(C(=O)O)cc(OC)c1C(C)(C)C. The molecule has 1 rings (SSSR count). The molecule has 1 aromatic rings. The number of aromatic carboxylic acids is 1. The lowest BCUT2D eigenvalue weighted by Gasteiger charge is -2.25. The van der Waals surface area contributed by atoms with E-state index in [1.807, 2.05) is 20.8 Å². The molecule has 0 atom stereocenters. The number of hydrogen-bond donors (Lipinski definition) is 1. The minimum atomic E-state index is -0.998. The summed E-state index contributed by atoms with van der Waals surface area (Å²) in [6, 6.07) is 3.04. The molecule has 0 aliphatic carbocycles. The molecule has 0 spiro atoms. The largest absolute Gasteiger partial charge is 0.496 e. The van der Waals surface area contributed by atoms with Crippen LogP contribution >= 0.6 is 0 Å². The van der Waals surface area contributed by atoms with Crippen LogP contribution in [0.4, 0.5) is 0 Å². The van der Waals surface area contributed by atoms with Crippen LogP contribution in [0.3, 0.4) is 0 Å². The molecule has 1 aromatic carbocycles. The Balaban J connectivity index is 3.53. The van der Waals surface area contributed by atoms with E-state index in [9.17, 15) is 4.79 Å². The van der Waals surface area contributed by atoms with Crippen molar-refractivity contribution >= 4 is 5.97 Å². The Bertz CT molecular complexity index is 405. The second-order valence-electron chi connectivity index (χ2n) is 4.81. The van der Waals surface area contributed by atoms with Crippen molar-refractivity contribution < 1.29 is 19.4 Å². The van der Waals surface area contributed by atoms with Crippen molar-refractivity contribution in [2.75, 3.05) is 14.2 Å². The van der Waals surface area contributed by atoms with Gasteiger partial charge in [0.15, 0.2) is 0 Å². The molecule has 0 unspecified atom stereocenters. The van der Waals surface area contributed by atoms with Gasteiger partial charge in [0.2, 0.25) is 0 Å². The molecule has 1 N–H and O–H groups in total. The van der Waals surface area contributed by atoms with E-state index in [0.717, 1.165) is 5.56 Å². The third kappa shape index (κ3) is 2.70. The van der Waals surface area contributed by atoms with Gasteiger partial charge in [-0.1, -0.05) is 20.8 Å². The normalized spacial score (nSPS) is 11.1. The zero-order chi connectivity index (χ0) is 13.2. The van der Waals surface area contributed by atoms with Crippen LogP contribution in [0.1, 0.15) is 36.7 Å². The van der Waals surface area contributed by atoms with E-state index >= 15 is 0 Å². The van der Waals surface area contributed by atoms with Gasteiger partial charge >= 0.3 is 5.97 Å². The predicted octanol–water partition coefficient (Wildman–Crippen LogP) is 2.70. The minimum Gasteiger partial charge on any atom is -0.496 e. The van der Waals surface area contributed by atoms with Gasteiger partial charge in [0.05, 0.1) is 19.8 Å². The van der Waals surface area contributed by atoms with Crippen molar-refractivity contribution in [3.8, 4) is 11.5 Å². The van der Waals surface area contributed by atoms with E-state index < -0.39 is 5.97 Å². The van der Waals surface area contributed by atoms with E-state index in [0.29, 0.717) is 11.5 Å². The molecule has 4 nitrogen and oxygen atoms in total. The standard InChI is InChI=1S/C13H18O4/c1-13(2,3)11-9(16-4)6-8(12(14)15)7-10(11)17-5/h6-7H,1-5H3,(H,14,15). The number of carboxylic acids is 1. The summed E-state index contributed by atoms with van der Waals surface area (Å²) in [5.74, 6) is 0.0746. The molecule has 94 valence electrons. The van der Waals surface area contributed by atoms with E-state index in [-0.39, 0.29) is 11.0 Å². The molecular weight excluding hydrogens is 220 g/mol. The van der Waals surface area contributed by atoms with E-state index in [1.165, 1.54) is 26.4 Å². The van der Waals surface area contributed by atoms with Crippen molar-refractivity contribution in [3.05, 3.63) is 23.3 Å². The van der Waals surface area contributed by atoms with Crippen molar-refractivity contribution in [1.29, 1.82) is 0 Å². The molecule has 0 amide bonds. The van der Waals surface area contributed by atoms with Crippen LogP contribution in [0.15, 0.2) is 12.1 Å². The summed E-state index contributed by atoms with van der Waals surface area (Å²) >= 11 is 0. The number of methoxy groups -OCH3 is 2. The maximum atomic E-state index is 11.0. The van der Waals surface area contributed by atoms with Gasteiger partial charge in [-0.15, -0.1) is 0 Å². The van der Waals surface area contributed by atoms with Crippen LogP contribution in [-0.4, -0.2) is 25.3 Å². The highest BCUT2D eigenvalue weighted by atomic mass is 16.5. The number of carboxylic acid groups (broad SMARTS) is 1. The van der Waals surface area contributed by atoms with E-state index in [1.54, 1.807) is 0 Å². The lowest BCUT2D eigenvalue weighted by Crippen LogP contribution is -2.15. The predicted molar refractivity (Wildman–Crippen MR) is 65.2 cm³/mol. The lowest BCUT2D eigenvalue weighted by molar-refractivity contribution is 0.0696. The summed E-state index contributed by atoms with van der Waals surface area (Å²) in [6.07, 6.45) is 0. The minimum absolute atomic E-state index is 0.159. The Hall–Kier alpha value is -1.71. The summed E-state index contributed by atoms with van der Waals surface area (Å²) in [4.78, 5) is 11.0. The van der Waals surface area contributed by atoms with Crippen LogP contribution < -0.4 is 9.47 Å². The summed E-state index contributed by atoms with van der Waals surface area (Å²) in [5, 5.41) is 9.01. The zero-order valence-corrected chi connectivity index (χ0v) is 10.8. The molecule has 0 bridgehead atoms. The highest BCUT2D eigenvalue weighted by Gasteiger charge is 2.25. The van der Waals surface area contributed by atoms with Crippen molar-refractivity contribution in [2.24, 2.45) is 0 Å². The number of benzene rings is 1. The van der Waals surface area contributed by atoms with Gasteiger partial charge in [0.25, 0.3) is 0 Å². The van der Waals surface area contributed by atoms with Gasteiger partial charge in [-0.25, -0.2) is 4.79 Å². The van der Waals surface area contributed by atoms with Gasteiger partial charge in [0.1, 0.15) is 11.5 Å².